The molecule has 0 bridgehead atoms. The SMILES string of the molecule is COCCN(CC(=O)NCC(=O)Nc1ccc(OC)cc1)C(=O)c1ccc(Br)cc1. The van der Waals surface area contributed by atoms with Crippen molar-refractivity contribution in [1.29, 1.82) is 0 Å². The molecule has 0 aromatic heterocycles. The van der Waals surface area contributed by atoms with Gasteiger partial charge < -0.3 is 25.0 Å². The largest absolute Gasteiger partial charge is 0.497 e. The standard InChI is InChI=1S/C21H24BrN3O5/c1-29-12-11-25(21(28)15-3-5-16(22)6-4-15)14-20(27)23-13-19(26)24-17-7-9-18(30-2)10-8-17/h3-10H,11-14H2,1-2H3,(H,23,27)(H,24,26). The number of nitrogens with one attached hydrogen (secondary N) is 2. The smallest absolute Gasteiger partial charge is 0.254 e. The lowest BCUT2D eigenvalue weighted by molar-refractivity contribution is -0.124. The number of anilines is 1. The van der Waals surface area contributed by atoms with Gasteiger partial charge >= 0.3 is 0 Å². The van der Waals surface area contributed by atoms with Crippen molar-refractivity contribution in [2.75, 3.05) is 45.8 Å². The highest BCUT2D eigenvalue weighted by molar-refractivity contribution is 9.10. The van der Waals surface area contributed by atoms with Crippen LogP contribution in [-0.2, 0) is 14.3 Å². The van der Waals surface area contributed by atoms with E-state index >= 15 is 0 Å². The van der Waals surface area contributed by atoms with Crippen LogP contribution in [0.15, 0.2) is 53.0 Å². The van der Waals surface area contributed by atoms with Crippen LogP contribution in [0.3, 0.4) is 0 Å². The highest BCUT2D eigenvalue weighted by atomic mass is 79.9. The summed E-state index contributed by atoms with van der Waals surface area (Å²) in [4.78, 5) is 38.4. The number of amides is 3. The molecule has 0 aliphatic heterocycles. The van der Waals surface area contributed by atoms with Crippen molar-refractivity contribution < 1.29 is 23.9 Å². The topological polar surface area (TPSA) is 97.0 Å². The van der Waals surface area contributed by atoms with Gasteiger partial charge in [-0.2, -0.15) is 0 Å². The van der Waals surface area contributed by atoms with Gasteiger partial charge in [-0.15, -0.1) is 0 Å². The molecule has 9 heteroatoms. The normalized spacial score (nSPS) is 10.2. The Hall–Kier alpha value is -2.91. The second-order valence-electron chi connectivity index (χ2n) is 6.28. The number of carbonyl (C=O) groups is 3. The van der Waals surface area contributed by atoms with Gasteiger partial charge in [0, 0.05) is 29.4 Å². The number of nitrogens with zero attached hydrogens (tertiary/aromatic N) is 1. The summed E-state index contributed by atoms with van der Waals surface area (Å²) in [6, 6.07) is 13.7. The lowest BCUT2D eigenvalue weighted by Crippen LogP contribution is -2.44. The second kappa shape index (κ2) is 11.9. The van der Waals surface area contributed by atoms with Crippen molar-refractivity contribution in [2.45, 2.75) is 0 Å². The first-order valence-electron chi connectivity index (χ1n) is 9.17. The van der Waals surface area contributed by atoms with Gasteiger partial charge in [0.15, 0.2) is 0 Å². The van der Waals surface area contributed by atoms with Gasteiger partial charge in [-0.05, 0) is 48.5 Å². The fourth-order valence-corrected chi connectivity index (χ4v) is 2.78. The molecule has 2 N–H and O–H groups in total. The molecule has 0 saturated heterocycles. The molecule has 30 heavy (non-hydrogen) atoms. The lowest BCUT2D eigenvalue weighted by atomic mass is 10.2. The van der Waals surface area contributed by atoms with E-state index in [-0.39, 0.29) is 38.1 Å². The Balaban J connectivity index is 1.88. The van der Waals surface area contributed by atoms with Gasteiger partial charge in [-0.25, -0.2) is 0 Å². The maximum absolute atomic E-state index is 12.7. The average Bonchev–Trinajstić information content (AvgIpc) is 2.75. The van der Waals surface area contributed by atoms with Crippen LogP contribution in [0.4, 0.5) is 5.69 Å². The molecule has 0 unspecified atom stereocenters. The van der Waals surface area contributed by atoms with Gasteiger partial charge in [-0.3, -0.25) is 14.4 Å². The van der Waals surface area contributed by atoms with Crippen LogP contribution in [0.5, 0.6) is 5.75 Å². The number of halogens is 1. The number of benzene rings is 2. The van der Waals surface area contributed by atoms with E-state index in [1.165, 1.54) is 12.0 Å². The Morgan fingerprint density at radius 3 is 2.23 bits per heavy atom. The highest BCUT2D eigenvalue weighted by Gasteiger charge is 2.19. The zero-order valence-corrected chi connectivity index (χ0v) is 18.4. The zero-order chi connectivity index (χ0) is 21.9. The van der Waals surface area contributed by atoms with Gasteiger partial charge in [0.2, 0.25) is 11.8 Å². The third-order valence-electron chi connectivity index (χ3n) is 4.10. The van der Waals surface area contributed by atoms with Crippen molar-refractivity contribution in [1.82, 2.24) is 10.2 Å². The monoisotopic (exact) mass is 477 g/mol. The van der Waals surface area contributed by atoms with Crippen LogP contribution in [0.25, 0.3) is 0 Å². The second-order valence-corrected chi connectivity index (χ2v) is 7.20. The first-order chi connectivity index (χ1) is 14.4. The van der Waals surface area contributed by atoms with E-state index in [0.717, 1.165) is 4.47 Å². The van der Waals surface area contributed by atoms with Crippen molar-refractivity contribution in [3.8, 4) is 5.75 Å². The zero-order valence-electron chi connectivity index (χ0n) is 16.8. The van der Waals surface area contributed by atoms with Crippen LogP contribution >= 0.6 is 15.9 Å². The van der Waals surface area contributed by atoms with Crippen molar-refractivity contribution in [3.63, 3.8) is 0 Å². The van der Waals surface area contributed by atoms with Crippen LogP contribution in [0.2, 0.25) is 0 Å². The Bertz CT molecular complexity index is 856. The molecule has 3 amide bonds. The van der Waals surface area contributed by atoms with E-state index in [1.54, 1.807) is 55.6 Å². The van der Waals surface area contributed by atoms with E-state index < -0.39 is 5.91 Å². The average molecular weight is 478 g/mol. The maximum atomic E-state index is 12.7. The number of methoxy groups -OCH3 is 2. The summed E-state index contributed by atoms with van der Waals surface area (Å²) in [5, 5.41) is 5.21. The Morgan fingerprint density at radius 2 is 1.63 bits per heavy atom. The number of ether oxygens (including phenoxy) is 2. The predicted octanol–water partition coefficient (Wildman–Crippen LogP) is 2.30. The fraction of sp³-hybridized carbons (Fsp3) is 0.286. The summed E-state index contributed by atoms with van der Waals surface area (Å²) in [6.07, 6.45) is 0. The van der Waals surface area contributed by atoms with Crippen LogP contribution in [0.1, 0.15) is 10.4 Å². The molecule has 0 saturated carbocycles. The van der Waals surface area contributed by atoms with Gasteiger partial charge in [0.25, 0.3) is 5.91 Å². The van der Waals surface area contributed by atoms with E-state index in [0.29, 0.717) is 17.0 Å². The van der Waals surface area contributed by atoms with E-state index in [2.05, 4.69) is 26.6 Å². The molecule has 0 spiro atoms. The molecule has 0 aliphatic rings. The van der Waals surface area contributed by atoms with Crippen molar-refractivity contribution in [2.24, 2.45) is 0 Å². The fourth-order valence-electron chi connectivity index (χ4n) is 2.52. The number of rotatable bonds is 10. The number of hydrogen-bond acceptors (Lipinski definition) is 5. The molecule has 0 fully saturated rings. The number of carbonyl (C=O) groups excluding carboxylic acids is 3. The maximum Gasteiger partial charge on any atom is 0.254 e. The molecular weight excluding hydrogens is 454 g/mol. The Morgan fingerprint density at radius 1 is 0.967 bits per heavy atom. The predicted molar refractivity (Wildman–Crippen MR) is 117 cm³/mol. The molecular formula is C21H24BrN3O5. The molecule has 0 heterocycles. The third-order valence-corrected chi connectivity index (χ3v) is 4.63. The minimum absolute atomic E-state index is 0.186. The Labute approximate surface area is 183 Å². The first kappa shape index (κ1) is 23.4. The quantitative estimate of drug-likeness (QED) is 0.547. The minimum atomic E-state index is -0.443. The minimum Gasteiger partial charge on any atom is -0.497 e. The van der Waals surface area contributed by atoms with Gasteiger partial charge in [0.05, 0.1) is 26.8 Å². The van der Waals surface area contributed by atoms with Crippen LogP contribution < -0.4 is 15.4 Å². The van der Waals surface area contributed by atoms with Crippen molar-refractivity contribution in [3.05, 3.63) is 58.6 Å². The van der Waals surface area contributed by atoms with Gasteiger partial charge in [0.1, 0.15) is 5.75 Å². The van der Waals surface area contributed by atoms with E-state index in [9.17, 15) is 14.4 Å². The number of hydrogen-bond donors (Lipinski definition) is 2. The summed E-state index contributed by atoms with van der Waals surface area (Å²) in [5.41, 5.74) is 1.04. The molecule has 0 atom stereocenters. The molecule has 0 radical (unpaired) electrons. The molecule has 2 aromatic carbocycles. The molecule has 2 aromatic rings. The summed E-state index contributed by atoms with van der Waals surface area (Å²) >= 11 is 3.33. The first-order valence-corrected chi connectivity index (χ1v) is 9.96. The van der Waals surface area contributed by atoms with Gasteiger partial charge in [-0.1, -0.05) is 15.9 Å². The Kier molecular flexibility index (Phi) is 9.30. The van der Waals surface area contributed by atoms with Crippen molar-refractivity contribution >= 4 is 39.3 Å². The van der Waals surface area contributed by atoms with Crippen LogP contribution in [-0.4, -0.2) is 63.1 Å². The molecule has 0 aliphatic carbocycles. The molecule has 8 nitrogen and oxygen atoms in total. The van der Waals surface area contributed by atoms with Crippen LogP contribution in [0, 0.1) is 0 Å². The summed E-state index contributed by atoms with van der Waals surface area (Å²) in [5.74, 6) is -0.442. The lowest BCUT2D eigenvalue weighted by Gasteiger charge is -2.22. The molecule has 160 valence electrons. The summed E-state index contributed by atoms with van der Waals surface area (Å²) < 4.78 is 10.9. The van der Waals surface area contributed by atoms with E-state index in [4.69, 9.17) is 9.47 Å². The summed E-state index contributed by atoms with van der Waals surface area (Å²) in [7, 11) is 3.08. The molecule has 2 rings (SSSR count). The van der Waals surface area contributed by atoms with E-state index in [1.807, 2.05) is 0 Å². The summed E-state index contributed by atoms with van der Waals surface area (Å²) in [6.45, 7) is 0.133. The third kappa shape index (κ3) is 7.49. The highest BCUT2D eigenvalue weighted by Crippen LogP contribution is 2.15.